The van der Waals surface area contributed by atoms with Crippen LogP contribution in [0, 0.1) is 12.3 Å². The molecule has 1 aromatic heterocycles. The van der Waals surface area contributed by atoms with Gasteiger partial charge in [-0.05, 0) is 0 Å². The summed E-state index contributed by atoms with van der Waals surface area (Å²) in [6.07, 6.45) is 5.11. The van der Waals surface area contributed by atoms with E-state index in [4.69, 9.17) is 21.7 Å². The first-order valence-corrected chi connectivity index (χ1v) is 10.9. The second-order valence-corrected chi connectivity index (χ2v) is 8.38. The van der Waals surface area contributed by atoms with Crippen molar-refractivity contribution >= 4 is 57.7 Å². The van der Waals surface area contributed by atoms with Gasteiger partial charge in [-0.2, -0.15) is 0 Å². The van der Waals surface area contributed by atoms with Crippen LogP contribution in [-0.2, 0) is 28.8 Å². The third-order valence-corrected chi connectivity index (χ3v) is 6.28. The van der Waals surface area contributed by atoms with E-state index in [1.54, 1.807) is 0 Å². The van der Waals surface area contributed by atoms with Gasteiger partial charge in [-0.1, -0.05) is 11.1 Å². The second kappa shape index (κ2) is 9.71. The van der Waals surface area contributed by atoms with Gasteiger partial charge in [0.25, 0.3) is 11.8 Å². The molecule has 32 heavy (non-hydrogen) atoms. The molecule has 2 aliphatic rings. The zero-order valence-corrected chi connectivity index (χ0v) is 18.2. The number of carbonyl (C=O) groups excluding carboxylic acids is 3. The number of nitrogens with one attached hydrogen (secondary N) is 1. The molecule has 0 unspecified atom stereocenters. The largest absolute Gasteiger partial charge is 0.477 e. The summed E-state index contributed by atoms with van der Waals surface area (Å²) in [6, 6.07) is -1.01. The first kappa shape index (κ1) is 23.1. The lowest BCUT2D eigenvalue weighted by Gasteiger charge is -2.49. The molecule has 0 aliphatic carbocycles. The van der Waals surface area contributed by atoms with Crippen LogP contribution in [0.3, 0.4) is 0 Å². The number of carboxylic acid groups (broad SMARTS) is 1. The van der Waals surface area contributed by atoms with Gasteiger partial charge in [0.15, 0.2) is 17.5 Å². The van der Waals surface area contributed by atoms with Crippen LogP contribution in [-0.4, -0.2) is 74.8 Å². The highest BCUT2D eigenvalue weighted by Crippen LogP contribution is 2.40. The van der Waals surface area contributed by atoms with Crippen LogP contribution in [0.1, 0.15) is 12.6 Å². The lowest BCUT2D eigenvalue weighted by Crippen LogP contribution is -2.71. The first-order chi connectivity index (χ1) is 15.2. The number of aromatic nitrogens is 1. The van der Waals surface area contributed by atoms with Crippen molar-refractivity contribution in [1.29, 1.82) is 0 Å². The number of hydrogen-bond donors (Lipinski definition) is 3. The molecule has 3 rings (SSSR count). The zero-order chi connectivity index (χ0) is 23.4. The van der Waals surface area contributed by atoms with Gasteiger partial charge in [0.05, 0.1) is 0 Å². The molecule has 1 fully saturated rings. The molecule has 0 spiro atoms. The molecule has 168 valence electrons. The molecule has 14 heteroatoms. The highest BCUT2D eigenvalue weighted by atomic mass is 32.2. The third-order valence-electron chi connectivity index (χ3n) is 4.27. The average Bonchev–Trinajstić information content (AvgIpc) is 3.18. The Morgan fingerprint density at radius 2 is 2.25 bits per heavy atom. The summed E-state index contributed by atoms with van der Waals surface area (Å²) in [5.41, 5.74) is 5.54. The van der Waals surface area contributed by atoms with E-state index >= 15 is 0 Å². The maximum absolute atomic E-state index is 12.8. The number of thioether (sulfide) groups is 1. The van der Waals surface area contributed by atoms with Gasteiger partial charge < -0.3 is 25.7 Å². The number of nitrogens with zero attached hydrogens (tertiary/aromatic N) is 3. The minimum atomic E-state index is -1.33. The molecule has 1 saturated heterocycles. The SMILES string of the molecule is C#CCON=C(C(=O)N[C@@H]1C(=O)N2C(C(=O)O)=C(COC(C)=O)CS[C@@H]12)c1csc(N)n1. The molecule has 2 aliphatic heterocycles. The number of aliphatic carboxylic acids is 1. The van der Waals surface area contributed by atoms with Crippen molar-refractivity contribution in [2.24, 2.45) is 5.16 Å². The lowest BCUT2D eigenvalue weighted by molar-refractivity contribution is -0.150. The minimum Gasteiger partial charge on any atom is -0.477 e. The standard InChI is InChI=1S/C18H17N5O7S2/c1-3-4-30-22-11(10-7-32-18(19)20-10)14(25)21-12-15(26)23-13(17(27)28)9(5-29-8(2)24)6-31-16(12)23/h1,7,12,16H,4-6H2,2H3,(H2,19,20)(H,21,25)(H,27,28)/t12-,16+/m1/s1. The van der Waals surface area contributed by atoms with E-state index < -0.39 is 35.2 Å². The number of amides is 2. The normalized spacial score (nSPS) is 20.1. The number of β-lactam (4-membered cyclic amide) rings is 1. The summed E-state index contributed by atoms with van der Waals surface area (Å²) >= 11 is 2.31. The van der Waals surface area contributed by atoms with Crippen molar-refractivity contribution in [3.63, 3.8) is 0 Å². The fourth-order valence-electron chi connectivity index (χ4n) is 2.93. The van der Waals surface area contributed by atoms with Crippen molar-refractivity contribution in [2.45, 2.75) is 18.3 Å². The van der Waals surface area contributed by atoms with E-state index in [0.717, 1.165) is 16.2 Å². The predicted molar refractivity (Wildman–Crippen MR) is 114 cm³/mol. The molecule has 2 atom stereocenters. The monoisotopic (exact) mass is 479 g/mol. The fourth-order valence-corrected chi connectivity index (χ4v) is 4.80. The number of anilines is 1. The Kier molecular flexibility index (Phi) is 7.01. The quantitative estimate of drug-likeness (QED) is 0.109. The topological polar surface area (TPSA) is 174 Å². The number of fused-ring (bicyclic) bond motifs is 1. The number of rotatable bonds is 8. The van der Waals surface area contributed by atoms with Crippen molar-refractivity contribution in [1.82, 2.24) is 15.2 Å². The number of nitrogens with two attached hydrogens (primary N) is 1. The average molecular weight is 479 g/mol. The molecule has 3 heterocycles. The van der Waals surface area contributed by atoms with Crippen molar-refractivity contribution < 1.29 is 33.9 Å². The molecule has 0 radical (unpaired) electrons. The maximum atomic E-state index is 12.8. The number of carbonyl (C=O) groups is 4. The molecule has 0 bridgehead atoms. The highest BCUT2D eigenvalue weighted by Gasteiger charge is 2.54. The van der Waals surface area contributed by atoms with E-state index in [1.165, 1.54) is 24.1 Å². The summed E-state index contributed by atoms with van der Waals surface area (Å²) in [7, 11) is 0. The Hall–Kier alpha value is -3.57. The lowest BCUT2D eigenvalue weighted by atomic mass is 10.0. The van der Waals surface area contributed by atoms with Gasteiger partial charge in [0.2, 0.25) is 0 Å². The van der Waals surface area contributed by atoms with Crippen LogP contribution in [0.25, 0.3) is 0 Å². The first-order valence-electron chi connectivity index (χ1n) is 8.93. The van der Waals surface area contributed by atoms with Crippen LogP contribution in [0.2, 0.25) is 0 Å². The van der Waals surface area contributed by atoms with E-state index in [9.17, 15) is 24.3 Å². The number of esters is 1. The molecule has 12 nitrogen and oxygen atoms in total. The molecule has 4 N–H and O–H groups in total. The van der Waals surface area contributed by atoms with Crippen LogP contribution in [0.15, 0.2) is 21.8 Å². The minimum absolute atomic E-state index is 0.136. The Morgan fingerprint density at radius 1 is 1.50 bits per heavy atom. The number of carboxylic acids is 1. The van der Waals surface area contributed by atoms with Gasteiger partial charge in [0, 0.05) is 23.6 Å². The number of hydrogen-bond acceptors (Lipinski definition) is 11. The van der Waals surface area contributed by atoms with Crippen molar-refractivity contribution in [3.8, 4) is 12.3 Å². The number of thiazole rings is 1. The van der Waals surface area contributed by atoms with E-state index in [-0.39, 0.29) is 46.8 Å². The molecule has 0 saturated carbocycles. The number of oxime groups is 1. The van der Waals surface area contributed by atoms with Gasteiger partial charge in [-0.25, -0.2) is 9.78 Å². The molecule has 0 aromatic carbocycles. The van der Waals surface area contributed by atoms with E-state index in [0.29, 0.717) is 0 Å². The van der Waals surface area contributed by atoms with Crippen LogP contribution < -0.4 is 11.1 Å². The van der Waals surface area contributed by atoms with Crippen LogP contribution >= 0.6 is 23.1 Å². The summed E-state index contributed by atoms with van der Waals surface area (Å²) in [6.45, 7) is 0.761. The Labute approximate surface area is 189 Å². The second-order valence-electron chi connectivity index (χ2n) is 6.39. The highest BCUT2D eigenvalue weighted by molar-refractivity contribution is 8.00. The summed E-state index contributed by atoms with van der Waals surface area (Å²) in [4.78, 5) is 58.3. The Balaban J connectivity index is 1.78. The van der Waals surface area contributed by atoms with Gasteiger partial charge in [-0.15, -0.1) is 29.5 Å². The van der Waals surface area contributed by atoms with Crippen LogP contribution in [0.5, 0.6) is 0 Å². The number of terminal acetylenes is 1. The summed E-state index contributed by atoms with van der Waals surface area (Å²) < 4.78 is 4.88. The smallest absolute Gasteiger partial charge is 0.352 e. The maximum Gasteiger partial charge on any atom is 0.352 e. The fraction of sp³-hybridized carbons (Fsp3) is 0.333. The van der Waals surface area contributed by atoms with E-state index in [2.05, 4.69) is 21.4 Å². The number of nitrogen functional groups attached to an aromatic ring is 1. The van der Waals surface area contributed by atoms with Crippen LogP contribution in [0.4, 0.5) is 5.13 Å². The van der Waals surface area contributed by atoms with Gasteiger partial charge >= 0.3 is 11.9 Å². The Morgan fingerprint density at radius 3 is 2.84 bits per heavy atom. The predicted octanol–water partition coefficient (Wildman–Crippen LogP) is -0.619. The molecular weight excluding hydrogens is 462 g/mol. The molecule has 1 aromatic rings. The zero-order valence-electron chi connectivity index (χ0n) is 16.6. The molecule has 2 amide bonds. The Bertz CT molecular complexity index is 1070. The third kappa shape index (κ3) is 4.68. The van der Waals surface area contributed by atoms with Gasteiger partial charge in [-0.3, -0.25) is 19.3 Å². The van der Waals surface area contributed by atoms with Gasteiger partial charge in [0.1, 0.15) is 29.4 Å². The van der Waals surface area contributed by atoms with Crippen molar-refractivity contribution in [3.05, 3.63) is 22.3 Å². The van der Waals surface area contributed by atoms with Crippen molar-refractivity contribution in [2.75, 3.05) is 24.7 Å². The summed E-state index contributed by atoms with van der Waals surface area (Å²) in [5.74, 6) is -0.902. The number of ether oxygens (including phenoxy) is 1. The summed E-state index contributed by atoms with van der Waals surface area (Å²) in [5, 5.41) is 16.8. The molecular formula is C18H17N5O7S2. The van der Waals surface area contributed by atoms with E-state index in [1.807, 2.05) is 0 Å².